The van der Waals surface area contributed by atoms with Gasteiger partial charge in [0.15, 0.2) is 0 Å². The molecule has 0 fully saturated rings. The van der Waals surface area contributed by atoms with Crippen molar-refractivity contribution in [3.8, 4) is 5.75 Å². The second-order valence-electron chi connectivity index (χ2n) is 3.67. The topological polar surface area (TPSA) is 34.1 Å². The Bertz CT molecular complexity index is 531. The van der Waals surface area contributed by atoms with E-state index in [1.165, 1.54) is 6.07 Å². The molecule has 0 unspecified atom stereocenters. The van der Waals surface area contributed by atoms with E-state index in [1.54, 1.807) is 37.6 Å². The lowest BCUT2D eigenvalue weighted by Gasteiger charge is -2.07. The monoisotopic (exact) mass is 310 g/mol. The molecule has 0 radical (unpaired) electrons. The Morgan fingerprint density at radius 3 is 2.83 bits per heavy atom. The van der Waals surface area contributed by atoms with Gasteiger partial charge in [-0.2, -0.15) is 0 Å². The van der Waals surface area contributed by atoms with E-state index in [1.807, 2.05) is 0 Å². The highest BCUT2D eigenvalue weighted by Crippen LogP contribution is 2.17. The molecule has 1 N–H and O–H groups in total. The molecule has 1 heterocycles. The molecule has 0 aliphatic rings. The van der Waals surface area contributed by atoms with E-state index in [4.69, 9.17) is 4.74 Å². The minimum atomic E-state index is -0.237. The summed E-state index contributed by atoms with van der Waals surface area (Å²) in [6.07, 6.45) is 1.61. The van der Waals surface area contributed by atoms with Gasteiger partial charge in [-0.3, -0.25) is 0 Å². The molecule has 5 heteroatoms. The molecule has 0 bridgehead atoms. The SMILES string of the molecule is COc1ccc(NCc2cc(Br)ccc2F)nc1. The Labute approximate surface area is 113 Å². The summed E-state index contributed by atoms with van der Waals surface area (Å²) in [5, 5.41) is 3.05. The number of methoxy groups -OCH3 is 1. The van der Waals surface area contributed by atoms with Crippen LogP contribution < -0.4 is 10.1 Å². The second-order valence-corrected chi connectivity index (χ2v) is 4.59. The van der Waals surface area contributed by atoms with Crippen LogP contribution in [-0.4, -0.2) is 12.1 Å². The van der Waals surface area contributed by atoms with Gasteiger partial charge in [-0.05, 0) is 30.3 Å². The predicted octanol–water partition coefficient (Wildman–Crippen LogP) is 3.60. The van der Waals surface area contributed by atoms with Crippen LogP contribution in [-0.2, 0) is 6.54 Å². The molecule has 94 valence electrons. The summed E-state index contributed by atoms with van der Waals surface area (Å²) in [7, 11) is 1.58. The molecule has 0 atom stereocenters. The summed E-state index contributed by atoms with van der Waals surface area (Å²) >= 11 is 3.31. The van der Waals surface area contributed by atoms with Gasteiger partial charge in [0.2, 0.25) is 0 Å². The molecule has 2 aromatic rings. The average molecular weight is 311 g/mol. The van der Waals surface area contributed by atoms with Crippen LogP contribution in [0.1, 0.15) is 5.56 Å². The maximum atomic E-state index is 13.5. The number of aromatic nitrogens is 1. The van der Waals surface area contributed by atoms with Crippen LogP contribution in [0.4, 0.5) is 10.2 Å². The number of hydrogen-bond acceptors (Lipinski definition) is 3. The van der Waals surface area contributed by atoms with E-state index in [2.05, 4.69) is 26.2 Å². The van der Waals surface area contributed by atoms with E-state index >= 15 is 0 Å². The van der Waals surface area contributed by atoms with Crippen LogP contribution in [0, 0.1) is 5.82 Å². The van der Waals surface area contributed by atoms with Crippen molar-refractivity contribution in [2.75, 3.05) is 12.4 Å². The third-order valence-electron chi connectivity index (χ3n) is 2.44. The van der Waals surface area contributed by atoms with Crippen LogP contribution in [0.15, 0.2) is 41.0 Å². The van der Waals surface area contributed by atoms with E-state index in [-0.39, 0.29) is 5.82 Å². The van der Waals surface area contributed by atoms with Crippen molar-refractivity contribution in [3.63, 3.8) is 0 Å². The lowest BCUT2D eigenvalue weighted by atomic mass is 10.2. The highest BCUT2D eigenvalue weighted by molar-refractivity contribution is 9.10. The number of nitrogens with zero attached hydrogens (tertiary/aromatic N) is 1. The minimum absolute atomic E-state index is 0.237. The van der Waals surface area contributed by atoms with Gasteiger partial charge in [0, 0.05) is 16.6 Å². The van der Waals surface area contributed by atoms with Crippen LogP contribution in [0.25, 0.3) is 0 Å². The molecule has 3 nitrogen and oxygen atoms in total. The van der Waals surface area contributed by atoms with Gasteiger partial charge in [0.25, 0.3) is 0 Å². The number of ether oxygens (including phenoxy) is 1. The summed E-state index contributed by atoms with van der Waals surface area (Å²) < 4.78 is 19.4. The highest BCUT2D eigenvalue weighted by Gasteiger charge is 2.03. The van der Waals surface area contributed by atoms with Crippen molar-refractivity contribution < 1.29 is 9.13 Å². The van der Waals surface area contributed by atoms with E-state index < -0.39 is 0 Å². The van der Waals surface area contributed by atoms with Crippen molar-refractivity contribution in [2.24, 2.45) is 0 Å². The molecule has 0 spiro atoms. The molecule has 1 aromatic heterocycles. The first-order chi connectivity index (χ1) is 8.69. The van der Waals surface area contributed by atoms with Crippen molar-refractivity contribution in [3.05, 3.63) is 52.4 Å². The van der Waals surface area contributed by atoms with Gasteiger partial charge < -0.3 is 10.1 Å². The summed E-state index contributed by atoms with van der Waals surface area (Å²) in [5.41, 5.74) is 0.585. The number of nitrogens with one attached hydrogen (secondary N) is 1. The van der Waals surface area contributed by atoms with E-state index in [0.717, 1.165) is 4.47 Å². The number of pyridine rings is 1. The Morgan fingerprint density at radius 2 is 2.17 bits per heavy atom. The quantitative estimate of drug-likeness (QED) is 0.937. The van der Waals surface area contributed by atoms with Crippen LogP contribution >= 0.6 is 15.9 Å². The van der Waals surface area contributed by atoms with Crippen molar-refractivity contribution in [1.82, 2.24) is 4.98 Å². The standard InChI is InChI=1S/C13H12BrFN2O/c1-18-11-3-5-13(17-8-11)16-7-9-6-10(14)2-4-12(9)15/h2-6,8H,7H2,1H3,(H,16,17). The van der Waals surface area contributed by atoms with Crippen molar-refractivity contribution >= 4 is 21.7 Å². The molecule has 2 rings (SSSR count). The smallest absolute Gasteiger partial charge is 0.137 e. The first-order valence-corrected chi connectivity index (χ1v) is 6.16. The van der Waals surface area contributed by atoms with Crippen LogP contribution in [0.5, 0.6) is 5.75 Å². The molecule has 0 aliphatic heterocycles. The maximum absolute atomic E-state index is 13.5. The summed E-state index contributed by atoms with van der Waals surface area (Å²) in [6.45, 7) is 0.380. The molecule has 0 saturated carbocycles. The molecule has 0 saturated heterocycles. The Kier molecular flexibility index (Phi) is 4.15. The summed E-state index contributed by atoms with van der Waals surface area (Å²) in [6, 6.07) is 8.43. The van der Waals surface area contributed by atoms with Crippen LogP contribution in [0.2, 0.25) is 0 Å². The average Bonchev–Trinajstić information content (AvgIpc) is 2.40. The summed E-state index contributed by atoms with van der Waals surface area (Å²) in [4.78, 5) is 4.15. The molecule has 0 aliphatic carbocycles. The van der Waals surface area contributed by atoms with E-state index in [0.29, 0.717) is 23.7 Å². The Balaban J connectivity index is 2.04. The number of rotatable bonds is 4. The normalized spacial score (nSPS) is 10.2. The first kappa shape index (κ1) is 12.8. The maximum Gasteiger partial charge on any atom is 0.137 e. The van der Waals surface area contributed by atoms with Gasteiger partial charge in [-0.15, -0.1) is 0 Å². The zero-order valence-corrected chi connectivity index (χ0v) is 11.4. The third kappa shape index (κ3) is 3.20. The zero-order valence-electron chi connectivity index (χ0n) is 9.78. The molecular formula is C13H12BrFN2O. The van der Waals surface area contributed by atoms with E-state index in [9.17, 15) is 4.39 Å². The largest absolute Gasteiger partial charge is 0.495 e. The zero-order chi connectivity index (χ0) is 13.0. The summed E-state index contributed by atoms with van der Waals surface area (Å²) in [5.74, 6) is 1.13. The highest BCUT2D eigenvalue weighted by atomic mass is 79.9. The number of anilines is 1. The van der Waals surface area contributed by atoms with Gasteiger partial charge in [0.05, 0.1) is 13.3 Å². The third-order valence-corrected chi connectivity index (χ3v) is 2.93. The lowest BCUT2D eigenvalue weighted by molar-refractivity contribution is 0.413. The van der Waals surface area contributed by atoms with Gasteiger partial charge in [-0.25, -0.2) is 9.37 Å². The fourth-order valence-electron chi connectivity index (χ4n) is 1.47. The minimum Gasteiger partial charge on any atom is -0.495 e. The predicted molar refractivity (Wildman–Crippen MR) is 72.2 cm³/mol. The molecule has 1 aromatic carbocycles. The number of hydrogen-bond donors (Lipinski definition) is 1. The fraction of sp³-hybridized carbons (Fsp3) is 0.154. The van der Waals surface area contributed by atoms with Crippen molar-refractivity contribution in [2.45, 2.75) is 6.54 Å². The van der Waals surface area contributed by atoms with Crippen molar-refractivity contribution in [1.29, 1.82) is 0 Å². The van der Waals surface area contributed by atoms with Gasteiger partial charge in [-0.1, -0.05) is 15.9 Å². The first-order valence-electron chi connectivity index (χ1n) is 5.37. The molecular weight excluding hydrogens is 299 g/mol. The number of benzene rings is 1. The Hall–Kier alpha value is -1.62. The Morgan fingerprint density at radius 1 is 1.33 bits per heavy atom. The molecule has 18 heavy (non-hydrogen) atoms. The van der Waals surface area contributed by atoms with Gasteiger partial charge >= 0.3 is 0 Å². The number of halogens is 2. The molecule has 0 amide bonds. The fourth-order valence-corrected chi connectivity index (χ4v) is 1.88. The second kappa shape index (κ2) is 5.82. The van der Waals surface area contributed by atoms with Gasteiger partial charge in [0.1, 0.15) is 17.4 Å². The van der Waals surface area contributed by atoms with Crippen LogP contribution in [0.3, 0.4) is 0 Å². The lowest BCUT2D eigenvalue weighted by Crippen LogP contribution is -2.03.